The number of benzene rings is 2. The van der Waals surface area contributed by atoms with Gasteiger partial charge in [0, 0.05) is 0 Å². The SMILES string of the molecule is Cc1cccc(C)c1OCCOc1cccc(C=C2SC(=S)NC2=O)c1. The van der Waals surface area contributed by atoms with Crippen LogP contribution in [0.4, 0.5) is 0 Å². The van der Waals surface area contributed by atoms with Crippen LogP contribution in [0.15, 0.2) is 47.4 Å². The Morgan fingerprint density at radius 1 is 1.08 bits per heavy atom. The number of hydrogen-bond acceptors (Lipinski definition) is 5. The van der Waals surface area contributed by atoms with E-state index in [4.69, 9.17) is 21.7 Å². The molecule has 1 N–H and O–H groups in total. The summed E-state index contributed by atoms with van der Waals surface area (Å²) in [5.41, 5.74) is 3.12. The fourth-order valence-electron chi connectivity index (χ4n) is 2.60. The van der Waals surface area contributed by atoms with Crippen LogP contribution in [-0.2, 0) is 4.79 Å². The van der Waals surface area contributed by atoms with Crippen molar-refractivity contribution in [3.05, 3.63) is 64.1 Å². The van der Waals surface area contributed by atoms with Crippen molar-refractivity contribution < 1.29 is 14.3 Å². The van der Waals surface area contributed by atoms with Gasteiger partial charge in [-0.05, 0) is 48.7 Å². The van der Waals surface area contributed by atoms with E-state index in [1.54, 1.807) is 6.08 Å². The van der Waals surface area contributed by atoms with E-state index in [0.29, 0.717) is 22.4 Å². The highest BCUT2D eigenvalue weighted by molar-refractivity contribution is 8.26. The first-order valence-corrected chi connectivity index (χ1v) is 9.42. The van der Waals surface area contributed by atoms with Crippen LogP contribution in [0.1, 0.15) is 16.7 Å². The lowest BCUT2D eigenvalue weighted by molar-refractivity contribution is -0.115. The van der Waals surface area contributed by atoms with Crippen LogP contribution >= 0.6 is 24.0 Å². The Morgan fingerprint density at radius 2 is 1.77 bits per heavy atom. The van der Waals surface area contributed by atoms with Gasteiger partial charge in [-0.15, -0.1) is 0 Å². The molecule has 6 heteroatoms. The maximum absolute atomic E-state index is 11.7. The van der Waals surface area contributed by atoms with Gasteiger partial charge in [-0.1, -0.05) is 54.3 Å². The van der Waals surface area contributed by atoms with Gasteiger partial charge in [-0.3, -0.25) is 4.79 Å². The van der Waals surface area contributed by atoms with Gasteiger partial charge in [-0.25, -0.2) is 0 Å². The summed E-state index contributed by atoms with van der Waals surface area (Å²) in [7, 11) is 0. The number of rotatable bonds is 6. The molecule has 26 heavy (non-hydrogen) atoms. The number of aryl methyl sites for hydroxylation is 2. The Bertz CT molecular complexity index is 857. The highest BCUT2D eigenvalue weighted by Crippen LogP contribution is 2.27. The van der Waals surface area contributed by atoms with Crippen LogP contribution in [0.25, 0.3) is 6.08 Å². The number of carbonyl (C=O) groups excluding carboxylic acids is 1. The summed E-state index contributed by atoms with van der Waals surface area (Å²) < 4.78 is 12.1. The summed E-state index contributed by atoms with van der Waals surface area (Å²) in [6.45, 7) is 4.96. The second-order valence-corrected chi connectivity index (χ2v) is 7.56. The van der Waals surface area contributed by atoms with Gasteiger partial charge in [0.2, 0.25) is 0 Å². The Hall–Kier alpha value is -2.31. The van der Waals surface area contributed by atoms with E-state index in [9.17, 15) is 4.79 Å². The van der Waals surface area contributed by atoms with E-state index in [1.165, 1.54) is 11.8 Å². The molecule has 3 rings (SSSR count). The molecule has 1 amide bonds. The van der Waals surface area contributed by atoms with E-state index >= 15 is 0 Å². The second-order valence-electron chi connectivity index (χ2n) is 5.84. The Balaban J connectivity index is 1.57. The van der Waals surface area contributed by atoms with E-state index in [-0.39, 0.29) is 5.91 Å². The van der Waals surface area contributed by atoms with Gasteiger partial charge in [0.05, 0.1) is 4.91 Å². The van der Waals surface area contributed by atoms with Crippen LogP contribution in [-0.4, -0.2) is 23.4 Å². The van der Waals surface area contributed by atoms with Crippen molar-refractivity contribution in [2.45, 2.75) is 13.8 Å². The topological polar surface area (TPSA) is 47.6 Å². The molecule has 1 saturated heterocycles. The summed E-state index contributed by atoms with van der Waals surface area (Å²) in [6, 6.07) is 13.7. The largest absolute Gasteiger partial charge is 0.490 e. The van der Waals surface area contributed by atoms with Crippen LogP contribution < -0.4 is 14.8 Å². The third kappa shape index (κ3) is 4.65. The van der Waals surface area contributed by atoms with Gasteiger partial charge in [-0.2, -0.15) is 0 Å². The lowest BCUT2D eigenvalue weighted by atomic mass is 10.1. The second kappa shape index (κ2) is 8.38. The zero-order valence-electron chi connectivity index (χ0n) is 14.6. The first kappa shape index (κ1) is 18.5. The van der Waals surface area contributed by atoms with Crippen LogP contribution in [0.5, 0.6) is 11.5 Å². The lowest BCUT2D eigenvalue weighted by Gasteiger charge is -2.12. The quantitative estimate of drug-likeness (QED) is 0.458. The lowest BCUT2D eigenvalue weighted by Crippen LogP contribution is -2.17. The normalized spacial score (nSPS) is 15.2. The molecule has 1 fully saturated rings. The highest BCUT2D eigenvalue weighted by atomic mass is 32.2. The van der Waals surface area contributed by atoms with E-state index < -0.39 is 0 Å². The predicted molar refractivity (Wildman–Crippen MR) is 110 cm³/mol. The van der Waals surface area contributed by atoms with Gasteiger partial charge in [0.15, 0.2) is 0 Å². The van der Waals surface area contributed by atoms with Crippen molar-refractivity contribution in [1.29, 1.82) is 0 Å². The minimum atomic E-state index is -0.159. The summed E-state index contributed by atoms with van der Waals surface area (Å²) in [4.78, 5) is 12.3. The van der Waals surface area contributed by atoms with Crippen molar-refractivity contribution in [3.63, 3.8) is 0 Å². The van der Waals surface area contributed by atoms with Crippen molar-refractivity contribution in [3.8, 4) is 11.5 Å². The van der Waals surface area contributed by atoms with Gasteiger partial charge < -0.3 is 14.8 Å². The summed E-state index contributed by atoms with van der Waals surface area (Å²) in [5.74, 6) is 1.48. The molecule has 0 unspecified atom stereocenters. The number of nitrogens with one attached hydrogen (secondary N) is 1. The summed E-state index contributed by atoms with van der Waals surface area (Å²) in [5, 5.41) is 2.61. The Morgan fingerprint density at radius 3 is 2.46 bits per heavy atom. The van der Waals surface area contributed by atoms with E-state index in [0.717, 1.165) is 28.2 Å². The van der Waals surface area contributed by atoms with Crippen LogP contribution in [0.3, 0.4) is 0 Å². The Labute approximate surface area is 162 Å². The molecule has 1 heterocycles. The molecule has 1 aliphatic rings. The fraction of sp³-hybridized carbons (Fsp3) is 0.200. The number of hydrogen-bond donors (Lipinski definition) is 1. The van der Waals surface area contributed by atoms with Crippen molar-refractivity contribution >= 4 is 40.3 Å². The molecular weight excluding hydrogens is 366 g/mol. The highest BCUT2D eigenvalue weighted by Gasteiger charge is 2.21. The molecule has 2 aromatic rings. The van der Waals surface area contributed by atoms with Crippen molar-refractivity contribution in [1.82, 2.24) is 5.32 Å². The van der Waals surface area contributed by atoms with Crippen molar-refractivity contribution in [2.24, 2.45) is 0 Å². The smallest absolute Gasteiger partial charge is 0.263 e. The van der Waals surface area contributed by atoms with Crippen LogP contribution in [0.2, 0.25) is 0 Å². The van der Waals surface area contributed by atoms with E-state index in [2.05, 4.69) is 5.32 Å². The van der Waals surface area contributed by atoms with Crippen LogP contribution in [0, 0.1) is 13.8 Å². The first-order valence-electron chi connectivity index (χ1n) is 8.19. The number of thioether (sulfide) groups is 1. The monoisotopic (exact) mass is 385 g/mol. The minimum Gasteiger partial charge on any atom is -0.490 e. The molecule has 1 aliphatic heterocycles. The molecule has 0 bridgehead atoms. The number of thiocarbonyl (C=S) groups is 1. The van der Waals surface area contributed by atoms with E-state index in [1.807, 2.05) is 56.3 Å². The zero-order valence-corrected chi connectivity index (χ0v) is 16.2. The number of carbonyl (C=O) groups is 1. The third-order valence-corrected chi connectivity index (χ3v) is 4.97. The summed E-state index contributed by atoms with van der Waals surface area (Å²) >= 11 is 6.26. The standard InChI is InChI=1S/C20H19NO3S2/c1-13-5-3-6-14(2)18(13)24-10-9-23-16-8-4-7-15(11-16)12-17-19(22)21-20(25)26-17/h3-8,11-12H,9-10H2,1-2H3,(H,21,22,25). The first-order chi connectivity index (χ1) is 12.5. The predicted octanol–water partition coefficient (Wildman–Crippen LogP) is 4.25. The molecular formula is C20H19NO3S2. The number of amides is 1. The molecule has 0 radical (unpaired) electrons. The average molecular weight is 386 g/mol. The van der Waals surface area contributed by atoms with Crippen molar-refractivity contribution in [2.75, 3.05) is 13.2 Å². The molecule has 134 valence electrons. The third-order valence-electron chi connectivity index (χ3n) is 3.81. The molecule has 0 spiro atoms. The molecule has 0 aromatic heterocycles. The molecule has 4 nitrogen and oxygen atoms in total. The summed E-state index contributed by atoms with van der Waals surface area (Å²) in [6.07, 6.45) is 1.80. The molecule has 0 saturated carbocycles. The average Bonchev–Trinajstić information content (AvgIpc) is 2.91. The number of ether oxygens (including phenoxy) is 2. The molecule has 0 aliphatic carbocycles. The molecule has 0 atom stereocenters. The van der Waals surface area contributed by atoms with Gasteiger partial charge in [0.1, 0.15) is 29.0 Å². The van der Waals surface area contributed by atoms with Gasteiger partial charge in [0.25, 0.3) is 5.91 Å². The maximum atomic E-state index is 11.7. The molecule has 2 aromatic carbocycles. The fourth-order valence-corrected chi connectivity index (χ4v) is 3.64. The maximum Gasteiger partial charge on any atom is 0.263 e. The zero-order chi connectivity index (χ0) is 18.5. The Kier molecular flexibility index (Phi) is 5.96. The minimum absolute atomic E-state index is 0.159. The van der Waals surface area contributed by atoms with Gasteiger partial charge >= 0.3 is 0 Å². The number of para-hydroxylation sites is 1.